The highest BCUT2D eigenvalue weighted by molar-refractivity contribution is 6.36. The third-order valence-corrected chi connectivity index (χ3v) is 4.17. The first-order chi connectivity index (χ1) is 13.5. The van der Waals surface area contributed by atoms with Crippen molar-refractivity contribution in [2.24, 2.45) is 0 Å². The highest BCUT2D eigenvalue weighted by Gasteiger charge is 2.38. The summed E-state index contributed by atoms with van der Waals surface area (Å²) in [6, 6.07) is 4.29. The van der Waals surface area contributed by atoms with Gasteiger partial charge in [0, 0.05) is 0 Å². The van der Waals surface area contributed by atoms with E-state index < -0.39 is 53.0 Å². The van der Waals surface area contributed by atoms with Crippen LogP contribution in [0.3, 0.4) is 0 Å². The van der Waals surface area contributed by atoms with Crippen molar-refractivity contribution < 1.29 is 42.1 Å². The summed E-state index contributed by atoms with van der Waals surface area (Å²) in [5.74, 6) is -3.21. The lowest BCUT2D eigenvalue weighted by Crippen LogP contribution is -2.41. The van der Waals surface area contributed by atoms with Gasteiger partial charge in [0.1, 0.15) is 17.9 Å². The molecule has 2 aromatic carbocycles. The fourth-order valence-corrected chi connectivity index (χ4v) is 2.98. The van der Waals surface area contributed by atoms with Crippen LogP contribution in [-0.4, -0.2) is 48.2 Å². The van der Waals surface area contributed by atoms with Gasteiger partial charge in [0.05, 0.1) is 24.3 Å². The number of aliphatic carboxylic acids is 1. The van der Waals surface area contributed by atoms with Gasteiger partial charge in [-0.3, -0.25) is 9.59 Å². The highest BCUT2D eigenvalue weighted by atomic mass is 35.5. The van der Waals surface area contributed by atoms with Crippen molar-refractivity contribution in [1.29, 1.82) is 0 Å². The van der Waals surface area contributed by atoms with Crippen LogP contribution in [0.25, 0.3) is 10.8 Å². The van der Waals surface area contributed by atoms with E-state index in [-0.39, 0.29) is 21.9 Å². The molecule has 0 aromatic heterocycles. The number of benzene rings is 2. The number of carboxylic acids is 1. The van der Waals surface area contributed by atoms with Gasteiger partial charge in [0.2, 0.25) is 0 Å². The molecule has 0 fully saturated rings. The molecule has 0 aliphatic rings. The lowest BCUT2D eigenvalue weighted by molar-refractivity contribution is -0.138. The zero-order valence-electron chi connectivity index (χ0n) is 15.2. The van der Waals surface area contributed by atoms with Crippen LogP contribution in [0.4, 0.5) is 18.0 Å². The number of ether oxygens (including phenoxy) is 2. The van der Waals surface area contributed by atoms with Crippen LogP contribution < -0.4 is 4.74 Å². The number of halogens is 4. The van der Waals surface area contributed by atoms with E-state index in [0.717, 1.165) is 25.3 Å². The van der Waals surface area contributed by atoms with Crippen molar-refractivity contribution in [2.75, 3.05) is 20.3 Å². The van der Waals surface area contributed by atoms with E-state index in [0.29, 0.717) is 0 Å². The molecule has 0 spiro atoms. The standard InChI is InChI=1S/C18H15ClF3NO6/c1-3-29-17(27)23(8-13(24)25)16(26)14-9-5-7-12(28-2)15(18(20,21)22)10(9)4-6-11(14)19/h4-7H,3,8H2,1-2H3,(H,24,25). The number of hydrogen-bond donors (Lipinski definition) is 1. The second kappa shape index (κ2) is 8.56. The molecular weight excluding hydrogens is 419 g/mol. The molecule has 0 atom stereocenters. The molecule has 0 saturated heterocycles. The van der Waals surface area contributed by atoms with Crippen LogP contribution >= 0.6 is 11.6 Å². The Morgan fingerprint density at radius 3 is 2.28 bits per heavy atom. The molecule has 11 heteroatoms. The SMILES string of the molecule is CCOC(=O)N(CC(=O)O)C(=O)c1c(Cl)ccc2c(C(F)(F)F)c(OC)ccc12. The third kappa shape index (κ3) is 4.53. The number of alkyl halides is 3. The first-order valence-electron chi connectivity index (χ1n) is 8.09. The molecule has 0 bridgehead atoms. The third-order valence-electron chi connectivity index (χ3n) is 3.86. The Labute approximate surface area is 167 Å². The zero-order valence-corrected chi connectivity index (χ0v) is 15.9. The molecule has 0 aliphatic carbocycles. The summed E-state index contributed by atoms with van der Waals surface area (Å²) in [5.41, 5.74) is -1.60. The highest BCUT2D eigenvalue weighted by Crippen LogP contribution is 2.43. The summed E-state index contributed by atoms with van der Waals surface area (Å²) >= 11 is 6.04. The smallest absolute Gasteiger partial charge is 0.420 e. The fourth-order valence-electron chi connectivity index (χ4n) is 2.73. The predicted molar refractivity (Wildman–Crippen MR) is 96.2 cm³/mol. The van der Waals surface area contributed by atoms with Crippen molar-refractivity contribution in [3.8, 4) is 5.75 Å². The van der Waals surface area contributed by atoms with Crippen molar-refractivity contribution in [3.63, 3.8) is 0 Å². The maximum atomic E-state index is 13.6. The van der Waals surface area contributed by atoms with Crippen LogP contribution in [0.5, 0.6) is 5.75 Å². The summed E-state index contributed by atoms with van der Waals surface area (Å²) in [7, 11) is 1.06. The Hall–Kier alpha value is -3.01. The molecule has 0 aliphatic heterocycles. The first-order valence-corrected chi connectivity index (χ1v) is 8.47. The second-order valence-electron chi connectivity index (χ2n) is 5.64. The van der Waals surface area contributed by atoms with Crippen molar-refractivity contribution in [1.82, 2.24) is 4.90 Å². The minimum atomic E-state index is -4.82. The Balaban J connectivity index is 2.77. The number of carboxylic acid groups (broad SMARTS) is 1. The number of nitrogens with zero attached hydrogens (tertiary/aromatic N) is 1. The van der Waals surface area contributed by atoms with Gasteiger partial charge < -0.3 is 14.6 Å². The van der Waals surface area contributed by atoms with Gasteiger partial charge in [0.25, 0.3) is 5.91 Å². The number of methoxy groups -OCH3 is 1. The predicted octanol–water partition coefficient (Wildman–Crippen LogP) is 4.20. The van der Waals surface area contributed by atoms with E-state index in [4.69, 9.17) is 21.4 Å². The molecule has 29 heavy (non-hydrogen) atoms. The quantitative estimate of drug-likeness (QED) is 0.759. The van der Waals surface area contributed by atoms with E-state index >= 15 is 0 Å². The molecule has 1 N–H and O–H groups in total. The number of rotatable bonds is 5. The molecule has 2 rings (SSSR count). The molecule has 156 valence electrons. The summed E-state index contributed by atoms with van der Waals surface area (Å²) in [6.07, 6.45) is -6.08. The number of imide groups is 1. The van der Waals surface area contributed by atoms with Gasteiger partial charge in [-0.1, -0.05) is 17.7 Å². The minimum Gasteiger partial charge on any atom is -0.496 e. The number of amides is 2. The molecule has 2 aromatic rings. The van der Waals surface area contributed by atoms with E-state index in [1.165, 1.54) is 13.0 Å². The molecule has 2 amide bonds. The number of hydrogen-bond acceptors (Lipinski definition) is 5. The summed E-state index contributed by atoms with van der Waals surface area (Å²) in [6.45, 7) is 0.224. The van der Waals surface area contributed by atoms with Gasteiger partial charge in [-0.2, -0.15) is 13.2 Å². The second-order valence-corrected chi connectivity index (χ2v) is 6.05. The summed E-state index contributed by atoms with van der Waals surface area (Å²) in [4.78, 5) is 36.3. The van der Waals surface area contributed by atoms with E-state index in [2.05, 4.69) is 4.74 Å². The van der Waals surface area contributed by atoms with Crippen molar-refractivity contribution in [3.05, 3.63) is 40.4 Å². The average molecular weight is 434 g/mol. The lowest BCUT2D eigenvalue weighted by atomic mass is 9.98. The van der Waals surface area contributed by atoms with Crippen LogP contribution in [0, 0.1) is 0 Å². The Bertz CT molecular complexity index is 976. The van der Waals surface area contributed by atoms with Gasteiger partial charge >= 0.3 is 18.2 Å². The van der Waals surface area contributed by atoms with E-state index in [1.807, 2.05) is 0 Å². The molecule has 0 saturated carbocycles. The fraction of sp³-hybridized carbons (Fsp3) is 0.278. The van der Waals surface area contributed by atoms with Gasteiger partial charge in [-0.25, -0.2) is 9.69 Å². The van der Waals surface area contributed by atoms with Crippen LogP contribution in [0.2, 0.25) is 5.02 Å². The molecule has 0 radical (unpaired) electrons. The lowest BCUT2D eigenvalue weighted by Gasteiger charge is -2.21. The number of carbonyl (C=O) groups is 3. The van der Waals surface area contributed by atoms with Crippen LogP contribution in [0.15, 0.2) is 24.3 Å². The topological polar surface area (TPSA) is 93.1 Å². The molecule has 7 nitrogen and oxygen atoms in total. The Kier molecular flexibility index (Phi) is 6.58. The van der Waals surface area contributed by atoms with E-state index in [9.17, 15) is 27.6 Å². The van der Waals surface area contributed by atoms with Crippen molar-refractivity contribution in [2.45, 2.75) is 13.1 Å². The Morgan fingerprint density at radius 1 is 1.14 bits per heavy atom. The first kappa shape index (κ1) is 22.3. The van der Waals surface area contributed by atoms with Gasteiger partial charge in [0.15, 0.2) is 0 Å². The summed E-state index contributed by atoms with van der Waals surface area (Å²) < 4.78 is 50.2. The maximum absolute atomic E-state index is 13.6. The monoisotopic (exact) mass is 433 g/mol. The number of fused-ring (bicyclic) bond motifs is 1. The number of carbonyl (C=O) groups excluding carboxylic acids is 2. The molecule has 0 heterocycles. The Morgan fingerprint density at radius 2 is 1.76 bits per heavy atom. The molecular formula is C18H15ClF3NO6. The van der Waals surface area contributed by atoms with E-state index in [1.54, 1.807) is 0 Å². The van der Waals surface area contributed by atoms with Crippen LogP contribution in [-0.2, 0) is 15.7 Å². The zero-order chi connectivity index (χ0) is 21.9. The van der Waals surface area contributed by atoms with Crippen molar-refractivity contribution >= 4 is 40.3 Å². The van der Waals surface area contributed by atoms with Crippen LogP contribution in [0.1, 0.15) is 22.8 Å². The molecule has 0 unspecified atom stereocenters. The van der Waals surface area contributed by atoms with Gasteiger partial charge in [-0.15, -0.1) is 0 Å². The maximum Gasteiger partial charge on any atom is 0.420 e. The minimum absolute atomic E-state index is 0.152. The normalized spacial score (nSPS) is 11.2. The average Bonchev–Trinajstić information content (AvgIpc) is 2.63. The largest absolute Gasteiger partial charge is 0.496 e. The summed E-state index contributed by atoms with van der Waals surface area (Å²) in [5, 5.41) is 8.11. The van der Waals surface area contributed by atoms with Gasteiger partial charge in [-0.05, 0) is 35.9 Å².